The second kappa shape index (κ2) is 34.4. The Morgan fingerprint density at radius 1 is 0.395 bits per heavy atom. The SMILES string of the molecule is CC(=O)OCCOCCOCCOCCOCCOCCOCCOCCOCCOCCCCCCCl. The summed E-state index contributed by atoms with van der Waals surface area (Å²) in [5.74, 6) is 0.435. The van der Waals surface area contributed by atoms with Gasteiger partial charge in [-0.05, 0) is 12.8 Å². The zero-order valence-electron chi connectivity index (χ0n) is 23.3. The van der Waals surface area contributed by atoms with Gasteiger partial charge in [0.25, 0.3) is 0 Å². The van der Waals surface area contributed by atoms with Crippen LogP contribution in [0.2, 0.25) is 0 Å². The van der Waals surface area contributed by atoms with Gasteiger partial charge in [-0.3, -0.25) is 4.79 Å². The molecule has 0 N–H and O–H groups in total. The third-order valence-electron chi connectivity index (χ3n) is 4.68. The Morgan fingerprint density at radius 3 is 0.947 bits per heavy atom. The largest absolute Gasteiger partial charge is 0.463 e. The van der Waals surface area contributed by atoms with E-state index < -0.39 is 0 Å². The Bertz CT molecular complexity index is 461. The average Bonchev–Trinajstić information content (AvgIpc) is 2.91. The highest BCUT2D eigenvalue weighted by Crippen LogP contribution is 2.01. The summed E-state index contributed by atoms with van der Waals surface area (Å²) in [4.78, 5) is 10.6. The van der Waals surface area contributed by atoms with E-state index in [1.165, 1.54) is 19.8 Å². The standard InChI is InChI=1S/C26H51ClO11/c1-26(28)38-25-24-37-23-22-36-21-20-35-19-18-34-17-16-33-15-14-32-13-12-31-11-10-30-9-8-29-7-5-3-2-4-6-27/h2-25H2,1H3. The monoisotopic (exact) mass is 574 g/mol. The van der Waals surface area contributed by atoms with Crippen molar-refractivity contribution >= 4 is 17.6 Å². The van der Waals surface area contributed by atoms with Crippen LogP contribution in [0.1, 0.15) is 32.6 Å². The summed E-state index contributed by atoms with van der Waals surface area (Å²) in [7, 11) is 0. The van der Waals surface area contributed by atoms with Crippen molar-refractivity contribution in [3.05, 3.63) is 0 Å². The van der Waals surface area contributed by atoms with E-state index >= 15 is 0 Å². The lowest BCUT2D eigenvalue weighted by atomic mass is 10.2. The van der Waals surface area contributed by atoms with Crippen LogP contribution < -0.4 is 0 Å². The van der Waals surface area contributed by atoms with E-state index in [-0.39, 0.29) is 12.6 Å². The number of unbranched alkanes of at least 4 members (excludes halogenated alkanes) is 3. The fraction of sp³-hybridized carbons (Fsp3) is 0.962. The molecule has 228 valence electrons. The molecule has 0 aliphatic carbocycles. The molecule has 12 heteroatoms. The van der Waals surface area contributed by atoms with Gasteiger partial charge in [0.1, 0.15) is 6.61 Å². The van der Waals surface area contributed by atoms with E-state index in [9.17, 15) is 4.79 Å². The molecule has 0 aromatic heterocycles. The smallest absolute Gasteiger partial charge is 0.302 e. The van der Waals surface area contributed by atoms with Crippen LogP contribution in [0.25, 0.3) is 0 Å². The minimum Gasteiger partial charge on any atom is -0.463 e. The molecular weight excluding hydrogens is 524 g/mol. The maximum atomic E-state index is 10.6. The molecule has 0 heterocycles. The third-order valence-corrected chi connectivity index (χ3v) is 4.95. The summed E-state index contributed by atoms with van der Waals surface area (Å²) in [6.45, 7) is 11.1. The van der Waals surface area contributed by atoms with Gasteiger partial charge in [0, 0.05) is 19.4 Å². The van der Waals surface area contributed by atoms with Crippen molar-refractivity contribution in [2.24, 2.45) is 0 Å². The summed E-state index contributed by atoms with van der Waals surface area (Å²) in [6.07, 6.45) is 4.50. The van der Waals surface area contributed by atoms with Gasteiger partial charge in [-0.2, -0.15) is 0 Å². The molecule has 38 heavy (non-hydrogen) atoms. The molecule has 0 radical (unpaired) electrons. The van der Waals surface area contributed by atoms with Crippen LogP contribution in [0.3, 0.4) is 0 Å². The number of hydrogen-bond donors (Lipinski definition) is 0. The van der Waals surface area contributed by atoms with Crippen molar-refractivity contribution in [1.29, 1.82) is 0 Å². The third kappa shape index (κ3) is 35.4. The first-order valence-corrected chi connectivity index (χ1v) is 14.2. The van der Waals surface area contributed by atoms with Crippen LogP contribution >= 0.6 is 11.6 Å². The second-order valence-corrected chi connectivity index (χ2v) is 8.33. The molecule has 0 bridgehead atoms. The molecule has 0 atom stereocenters. The minimum absolute atomic E-state index is 0.262. The summed E-state index contributed by atoms with van der Waals surface area (Å²) in [5.41, 5.74) is 0. The highest BCUT2D eigenvalue weighted by Gasteiger charge is 1.96. The average molecular weight is 575 g/mol. The summed E-state index contributed by atoms with van der Waals surface area (Å²) < 4.78 is 53.6. The van der Waals surface area contributed by atoms with Gasteiger partial charge < -0.3 is 47.4 Å². The lowest BCUT2D eigenvalue weighted by Crippen LogP contribution is -2.15. The summed E-state index contributed by atoms with van der Waals surface area (Å²) in [6, 6.07) is 0. The highest BCUT2D eigenvalue weighted by molar-refractivity contribution is 6.17. The molecule has 0 saturated carbocycles. The van der Waals surface area contributed by atoms with Crippen molar-refractivity contribution in [1.82, 2.24) is 0 Å². The van der Waals surface area contributed by atoms with Crippen molar-refractivity contribution in [2.45, 2.75) is 32.6 Å². The van der Waals surface area contributed by atoms with Crippen molar-refractivity contribution in [3.63, 3.8) is 0 Å². The van der Waals surface area contributed by atoms with Crippen LogP contribution in [0.15, 0.2) is 0 Å². The van der Waals surface area contributed by atoms with E-state index in [0.717, 1.165) is 25.3 Å². The van der Waals surface area contributed by atoms with Crippen LogP contribution in [0.4, 0.5) is 0 Å². The van der Waals surface area contributed by atoms with Crippen molar-refractivity contribution in [3.8, 4) is 0 Å². The van der Waals surface area contributed by atoms with Gasteiger partial charge in [-0.15, -0.1) is 11.6 Å². The number of halogens is 1. The maximum Gasteiger partial charge on any atom is 0.302 e. The number of ether oxygens (including phenoxy) is 10. The number of carbonyl (C=O) groups is 1. The molecule has 0 fully saturated rings. The molecule has 11 nitrogen and oxygen atoms in total. The lowest BCUT2D eigenvalue weighted by molar-refractivity contribution is -0.142. The number of rotatable bonds is 33. The molecule has 0 rings (SSSR count). The fourth-order valence-electron chi connectivity index (χ4n) is 2.76. The Morgan fingerprint density at radius 2 is 0.658 bits per heavy atom. The molecule has 0 unspecified atom stereocenters. The normalized spacial score (nSPS) is 11.3. The topological polar surface area (TPSA) is 109 Å². The van der Waals surface area contributed by atoms with Gasteiger partial charge in [-0.1, -0.05) is 12.8 Å². The van der Waals surface area contributed by atoms with Crippen LogP contribution in [0, 0.1) is 0 Å². The van der Waals surface area contributed by atoms with Gasteiger partial charge in [0.15, 0.2) is 0 Å². The van der Waals surface area contributed by atoms with Gasteiger partial charge in [0.05, 0.1) is 112 Å². The number of carbonyl (C=O) groups excluding carboxylic acids is 1. The lowest BCUT2D eigenvalue weighted by Gasteiger charge is -2.09. The molecule has 0 aromatic rings. The van der Waals surface area contributed by atoms with Crippen molar-refractivity contribution < 1.29 is 52.2 Å². The molecule has 0 aliphatic heterocycles. The van der Waals surface area contributed by atoms with E-state index in [1.54, 1.807) is 0 Å². The number of alkyl halides is 1. The zero-order chi connectivity index (χ0) is 27.6. The van der Waals surface area contributed by atoms with Crippen molar-refractivity contribution in [2.75, 3.05) is 131 Å². The second-order valence-electron chi connectivity index (χ2n) is 7.95. The number of esters is 1. The Hall–Kier alpha value is -0.600. The molecule has 0 aromatic carbocycles. The molecule has 0 amide bonds. The Labute approximate surface area is 233 Å². The fourth-order valence-corrected chi connectivity index (χ4v) is 2.95. The molecular formula is C26H51ClO11. The Kier molecular flexibility index (Phi) is 33.9. The van der Waals surface area contributed by atoms with Crippen LogP contribution in [0.5, 0.6) is 0 Å². The maximum absolute atomic E-state index is 10.6. The zero-order valence-corrected chi connectivity index (χ0v) is 24.1. The highest BCUT2D eigenvalue weighted by atomic mass is 35.5. The predicted octanol–water partition coefficient (Wildman–Crippen LogP) is 2.50. The first-order chi connectivity index (χ1) is 18.8. The Balaban J connectivity index is 3.02. The number of hydrogen-bond acceptors (Lipinski definition) is 11. The van der Waals surface area contributed by atoms with Crippen LogP contribution in [-0.4, -0.2) is 137 Å². The quantitative estimate of drug-likeness (QED) is 0.0655. The molecule has 0 spiro atoms. The minimum atomic E-state index is -0.308. The van der Waals surface area contributed by atoms with E-state index in [1.807, 2.05) is 0 Å². The van der Waals surface area contributed by atoms with Gasteiger partial charge >= 0.3 is 5.97 Å². The summed E-state index contributed by atoms with van der Waals surface area (Å²) >= 11 is 5.64. The van der Waals surface area contributed by atoms with Gasteiger partial charge in [-0.25, -0.2) is 0 Å². The summed E-state index contributed by atoms with van der Waals surface area (Å²) in [5, 5.41) is 0. The molecule has 0 saturated heterocycles. The molecule has 0 aliphatic rings. The predicted molar refractivity (Wildman–Crippen MR) is 143 cm³/mol. The van der Waals surface area contributed by atoms with E-state index in [2.05, 4.69) is 0 Å². The first-order valence-electron chi connectivity index (χ1n) is 13.7. The van der Waals surface area contributed by atoms with Gasteiger partial charge in [0.2, 0.25) is 0 Å². The van der Waals surface area contributed by atoms with E-state index in [4.69, 9.17) is 59.0 Å². The first kappa shape index (κ1) is 37.4. The van der Waals surface area contributed by atoms with E-state index in [0.29, 0.717) is 112 Å². The van der Waals surface area contributed by atoms with Crippen LogP contribution in [-0.2, 0) is 52.2 Å².